The van der Waals surface area contributed by atoms with Gasteiger partial charge in [-0.2, -0.15) is 23.8 Å². The fraction of sp³-hybridized carbons (Fsp3) is 0.326. The Hall–Kier alpha value is -2.74. The molecule has 2 aliphatic rings. The van der Waals surface area contributed by atoms with Crippen LogP contribution in [0, 0.1) is 26.0 Å². The maximum Gasteiger partial charge on any atom is -0.109 e. The molecule has 4 aromatic carbocycles. The first-order valence-electron chi connectivity index (χ1n) is 16.4. The van der Waals surface area contributed by atoms with Crippen molar-refractivity contribution in [1.29, 1.82) is 0 Å². The minimum Gasteiger partial charge on any atom is -0.273 e. The molecule has 2 aliphatic carbocycles. The Kier molecular flexibility index (Phi) is 15.4. The predicted octanol–water partition coefficient (Wildman–Crippen LogP) is 13.3. The molecule has 0 fully saturated rings. The van der Waals surface area contributed by atoms with Crippen molar-refractivity contribution in [3.8, 4) is 11.1 Å². The van der Waals surface area contributed by atoms with Crippen LogP contribution in [0.3, 0.4) is 0 Å². The number of aryl methyl sites for hydroxylation is 2. The zero-order valence-corrected chi connectivity index (χ0v) is 35.8. The summed E-state index contributed by atoms with van der Waals surface area (Å²) in [7, 11) is 0. The van der Waals surface area contributed by atoms with Crippen LogP contribution in [0.5, 0.6) is 0 Å². The molecule has 0 saturated carbocycles. The molecule has 4 aromatic rings. The SMILES string of the molecule is Cc1[c-]c2c(cc1C(C)(C)C)-c1cc(C(C)(C)C)c(C)cc1C2.Cl.Cl.FC(F)(F)c1ccc([C](=[Hf+2])c2ccc(C(F)(F)F)cc2)cc1.[C-]1=CC=CC1. The third-order valence-corrected chi connectivity index (χ3v) is 10.7. The summed E-state index contributed by atoms with van der Waals surface area (Å²) in [4.78, 5) is 0. The van der Waals surface area contributed by atoms with Gasteiger partial charge in [-0.25, -0.2) is 12.2 Å². The molecule has 0 bridgehead atoms. The van der Waals surface area contributed by atoms with Crippen LogP contribution in [-0.2, 0) is 53.5 Å². The fourth-order valence-corrected chi connectivity index (χ4v) is 7.38. The normalized spacial score (nSPS) is 13.1. The number of fused-ring (bicyclic) bond motifs is 3. The van der Waals surface area contributed by atoms with Crippen LogP contribution in [0.25, 0.3) is 11.1 Å². The molecule has 0 aliphatic heterocycles. The van der Waals surface area contributed by atoms with Gasteiger partial charge in [-0.1, -0.05) is 71.6 Å². The van der Waals surface area contributed by atoms with E-state index >= 15 is 0 Å². The Morgan fingerprint density at radius 2 is 1.12 bits per heavy atom. The van der Waals surface area contributed by atoms with Crippen LogP contribution >= 0.6 is 24.8 Å². The van der Waals surface area contributed by atoms with E-state index in [0.29, 0.717) is 35.0 Å². The molecule has 0 radical (unpaired) electrons. The van der Waals surface area contributed by atoms with Gasteiger partial charge in [-0.3, -0.25) is 6.08 Å². The van der Waals surface area contributed by atoms with Gasteiger partial charge in [0.15, 0.2) is 0 Å². The number of halogens is 8. The molecule has 0 saturated heterocycles. The van der Waals surface area contributed by atoms with Gasteiger partial charge in [-0.15, -0.1) is 47.9 Å². The molecule has 9 heteroatoms. The van der Waals surface area contributed by atoms with Crippen LogP contribution in [0.2, 0.25) is 0 Å². The van der Waals surface area contributed by atoms with E-state index in [1.165, 1.54) is 68.8 Å². The largest absolute Gasteiger partial charge is 0.273 e. The average Bonchev–Trinajstić information content (AvgIpc) is 3.70. The number of hydrogen-bond donors (Lipinski definition) is 0. The fourth-order valence-electron chi connectivity index (χ4n) is 6.18. The van der Waals surface area contributed by atoms with Crippen LogP contribution in [0.1, 0.15) is 104 Å². The van der Waals surface area contributed by atoms with Gasteiger partial charge in [0.05, 0.1) is 0 Å². The van der Waals surface area contributed by atoms with E-state index in [2.05, 4.69) is 91.8 Å². The minimum atomic E-state index is -4.40. The molecule has 0 heterocycles. The van der Waals surface area contributed by atoms with Crippen molar-refractivity contribution >= 4 is 28.1 Å². The van der Waals surface area contributed by atoms with Crippen molar-refractivity contribution in [2.75, 3.05) is 0 Å². The molecule has 0 nitrogen and oxygen atoms in total. The Morgan fingerprint density at radius 3 is 1.48 bits per heavy atom. The number of rotatable bonds is 2. The van der Waals surface area contributed by atoms with Crippen molar-refractivity contribution in [2.45, 2.75) is 91.4 Å². The van der Waals surface area contributed by atoms with Gasteiger partial charge < -0.3 is 0 Å². The summed E-state index contributed by atoms with van der Waals surface area (Å²) >= 11 is 0.493. The summed E-state index contributed by atoms with van der Waals surface area (Å²) in [6, 6.07) is 20.2. The molecule has 0 N–H and O–H groups in total. The van der Waals surface area contributed by atoms with Gasteiger partial charge in [-0.05, 0) is 35.4 Å². The number of benzene rings is 4. The Labute approximate surface area is 331 Å². The first kappa shape index (κ1) is 45.4. The number of alkyl halides is 6. The standard InChI is InChI=1S/C23H29.C15H8F6.C5H5.2ClH.Hf/c1-14-9-16-11-17-10-15(2)21(23(6,7)8)13-19(17)18(16)12-20(14)22(3,4)5;16-14(17,18)12-5-1-10(2-6-12)9-11-3-7-13(8-4-11)15(19,20)21;1-2-4-5-3-1;;;/h9,12-13H,11H2,1-8H3;1-8H;1-3H,4H2;2*1H;/q-1;;-1;;;+2. The maximum absolute atomic E-state index is 12.5. The first-order chi connectivity index (χ1) is 23.1. The minimum absolute atomic E-state index is 0. The van der Waals surface area contributed by atoms with Crippen molar-refractivity contribution < 1.29 is 50.2 Å². The van der Waals surface area contributed by atoms with E-state index in [1.807, 2.05) is 12.2 Å². The van der Waals surface area contributed by atoms with Crippen molar-refractivity contribution in [2.24, 2.45) is 0 Å². The van der Waals surface area contributed by atoms with Gasteiger partial charge >= 0.3 is 137 Å². The molecule has 0 amide bonds. The first-order valence-corrected chi connectivity index (χ1v) is 18.2. The van der Waals surface area contributed by atoms with Crippen LogP contribution in [-0.4, -0.2) is 3.26 Å². The van der Waals surface area contributed by atoms with Crippen LogP contribution < -0.4 is 0 Å². The Morgan fingerprint density at radius 1 is 0.654 bits per heavy atom. The van der Waals surface area contributed by atoms with Crippen molar-refractivity contribution in [3.05, 3.63) is 153 Å². The zero-order valence-electron chi connectivity index (χ0n) is 30.6. The van der Waals surface area contributed by atoms with E-state index in [9.17, 15) is 26.3 Å². The Bertz CT molecular complexity index is 1770. The summed E-state index contributed by atoms with van der Waals surface area (Å²) in [5, 5.41) is 0. The van der Waals surface area contributed by atoms with Gasteiger partial charge in [0.25, 0.3) is 0 Å². The summed E-state index contributed by atoms with van der Waals surface area (Å²) in [6.45, 7) is 18.2. The summed E-state index contributed by atoms with van der Waals surface area (Å²) < 4.78 is 75.7. The third-order valence-electron chi connectivity index (χ3n) is 8.67. The zero-order chi connectivity index (χ0) is 37.2. The van der Waals surface area contributed by atoms with E-state index in [4.69, 9.17) is 0 Å². The summed E-state index contributed by atoms with van der Waals surface area (Å²) in [5.74, 6) is 0. The van der Waals surface area contributed by atoms with E-state index < -0.39 is 23.5 Å². The van der Waals surface area contributed by atoms with Crippen LogP contribution in [0.15, 0.2) is 85.0 Å². The quantitative estimate of drug-likeness (QED) is 0.0940. The van der Waals surface area contributed by atoms with Gasteiger partial charge in [0, 0.05) is 0 Å². The molecule has 52 heavy (non-hydrogen) atoms. The topological polar surface area (TPSA) is 0 Å². The average molecular weight is 924 g/mol. The molecule has 0 spiro atoms. The monoisotopic (exact) mass is 924 g/mol. The van der Waals surface area contributed by atoms with Crippen LogP contribution in [0.4, 0.5) is 26.3 Å². The molecule has 6 rings (SSSR count). The second-order valence-electron chi connectivity index (χ2n) is 14.7. The van der Waals surface area contributed by atoms with E-state index in [0.717, 1.165) is 40.4 Å². The molecular formula is C43H44Cl2F6Hf. The summed E-state index contributed by atoms with van der Waals surface area (Å²) in [6.07, 6.45) is 2.22. The molecule has 0 aromatic heterocycles. The van der Waals surface area contributed by atoms with E-state index in [1.54, 1.807) is 0 Å². The number of allylic oxidation sites excluding steroid dienone is 4. The molecular weight excluding hydrogens is 880 g/mol. The third kappa shape index (κ3) is 11.4. The van der Waals surface area contributed by atoms with Crippen molar-refractivity contribution in [3.63, 3.8) is 0 Å². The van der Waals surface area contributed by atoms with Gasteiger partial charge in [0.2, 0.25) is 0 Å². The second kappa shape index (κ2) is 17.6. The van der Waals surface area contributed by atoms with Gasteiger partial charge in [0.1, 0.15) is 0 Å². The maximum atomic E-state index is 12.5. The molecule has 0 unspecified atom stereocenters. The number of hydrogen-bond acceptors (Lipinski definition) is 0. The summed E-state index contributed by atoms with van der Waals surface area (Å²) in [5.41, 5.74) is 11.3. The smallest absolute Gasteiger partial charge is 0.109 e. The molecule has 0 atom stereocenters. The molecule has 276 valence electrons. The van der Waals surface area contributed by atoms with Crippen molar-refractivity contribution in [1.82, 2.24) is 0 Å². The van der Waals surface area contributed by atoms with E-state index in [-0.39, 0.29) is 35.6 Å². The Balaban J connectivity index is 0.000000307. The predicted molar refractivity (Wildman–Crippen MR) is 203 cm³/mol. The second-order valence-corrected chi connectivity index (χ2v) is 16.5.